The molecule has 0 fully saturated rings. The van der Waals surface area contributed by atoms with Gasteiger partial charge in [-0.05, 0) is 31.2 Å². The van der Waals surface area contributed by atoms with Gasteiger partial charge in [0, 0.05) is 0 Å². The van der Waals surface area contributed by atoms with E-state index in [1.807, 2.05) is 60.1 Å². The highest BCUT2D eigenvalue weighted by Gasteiger charge is 2.07. The number of aryl methyl sites for hydroxylation is 1. The molecule has 3 aromatic rings. The highest BCUT2D eigenvalue weighted by Crippen LogP contribution is 2.16. The van der Waals surface area contributed by atoms with Gasteiger partial charge < -0.3 is 0 Å². The fraction of sp³-hybridized carbons (Fsp3) is 0.0714. The maximum atomic E-state index is 11.8. The molecule has 0 atom stereocenters. The van der Waals surface area contributed by atoms with Crippen molar-refractivity contribution in [2.75, 3.05) is 0 Å². The van der Waals surface area contributed by atoms with Crippen LogP contribution in [0.2, 0.25) is 0 Å². The van der Waals surface area contributed by atoms with Crippen molar-refractivity contribution < 1.29 is 0 Å². The van der Waals surface area contributed by atoms with Crippen molar-refractivity contribution in [3.8, 4) is 5.69 Å². The molecule has 1 N–H and O–H groups in total. The van der Waals surface area contributed by atoms with E-state index in [1.54, 1.807) is 0 Å². The Kier molecular flexibility index (Phi) is 2.11. The topological polar surface area (TPSA) is 37.8 Å². The number of aromatic nitrogens is 2. The van der Waals surface area contributed by atoms with Gasteiger partial charge in [-0.2, -0.15) is 0 Å². The standard InChI is InChI=1S/C14H12N2O/c1-10-7-8-13-12(9-10)14(17)15-16(13)11-5-3-2-4-6-11/h2-9H,1H3,(H,15,17). The van der Waals surface area contributed by atoms with Gasteiger partial charge in [0.1, 0.15) is 0 Å². The summed E-state index contributed by atoms with van der Waals surface area (Å²) in [6, 6.07) is 15.7. The summed E-state index contributed by atoms with van der Waals surface area (Å²) < 4.78 is 1.82. The van der Waals surface area contributed by atoms with Crippen molar-refractivity contribution in [3.63, 3.8) is 0 Å². The third kappa shape index (κ3) is 1.56. The lowest BCUT2D eigenvalue weighted by Crippen LogP contribution is -2.03. The van der Waals surface area contributed by atoms with Crippen LogP contribution >= 0.6 is 0 Å². The van der Waals surface area contributed by atoms with Crippen molar-refractivity contribution >= 4 is 10.9 Å². The van der Waals surface area contributed by atoms with Crippen LogP contribution in [0.15, 0.2) is 53.3 Å². The molecule has 0 aliphatic rings. The Hall–Kier alpha value is -2.29. The zero-order valence-corrected chi connectivity index (χ0v) is 9.47. The Balaban J connectivity index is 2.36. The average molecular weight is 224 g/mol. The summed E-state index contributed by atoms with van der Waals surface area (Å²) in [5.74, 6) is 0. The number of benzene rings is 2. The van der Waals surface area contributed by atoms with Crippen LogP contribution in [0.5, 0.6) is 0 Å². The Morgan fingerprint density at radius 2 is 1.82 bits per heavy atom. The number of nitrogens with zero attached hydrogens (tertiary/aromatic N) is 1. The number of H-pyrrole nitrogens is 1. The molecule has 3 nitrogen and oxygen atoms in total. The Morgan fingerprint density at radius 1 is 1.06 bits per heavy atom. The first kappa shape index (κ1) is 9.90. The smallest absolute Gasteiger partial charge is 0.267 e. The fourth-order valence-corrected chi connectivity index (χ4v) is 2.03. The monoisotopic (exact) mass is 224 g/mol. The highest BCUT2D eigenvalue weighted by atomic mass is 16.1. The summed E-state index contributed by atoms with van der Waals surface area (Å²) >= 11 is 0. The molecule has 1 aromatic heterocycles. The normalized spacial score (nSPS) is 10.9. The number of fused-ring (bicyclic) bond motifs is 1. The summed E-state index contributed by atoms with van der Waals surface area (Å²) in [5.41, 5.74) is 2.91. The number of rotatable bonds is 1. The van der Waals surface area contributed by atoms with Gasteiger partial charge in [-0.15, -0.1) is 0 Å². The zero-order chi connectivity index (χ0) is 11.8. The van der Waals surface area contributed by atoms with Crippen molar-refractivity contribution in [3.05, 3.63) is 64.4 Å². The number of aromatic amines is 1. The Bertz CT molecular complexity index is 723. The van der Waals surface area contributed by atoms with Crippen LogP contribution < -0.4 is 5.56 Å². The lowest BCUT2D eigenvalue weighted by Gasteiger charge is -2.03. The SMILES string of the molecule is Cc1ccc2c(c1)c(=O)[nH]n2-c1ccccc1. The molecular formula is C14H12N2O. The molecule has 84 valence electrons. The first-order valence-corrected chi connectivity index (χ1v) is 5.52. The zero-order valence-electron chi connectivity index (χ0n) is 9.47. The molecule has 1 heterocycles. The third-order valence-electron chi connectivity index (χ3n) is 2.87. The quantitative estimate of drug-likeness (QED) is 0.678. The third-order valence-corrected chi connectivity index (χ3v) is 2.87. The number of para-hydroxylation sites is 1. The molecule has 0 spiro atoms. The largest absolute Gasteiger partial charge is 0.272 e. The van der Waals surface area contributed by atoms with Gasteiger partial charge in [0.25, 0.3) is 5.56 Å². The van der Waals surface area contributed by atoms with E-state index in [0.717, 1.165) is 22.2 Å². The molecule has 0 aliphatic carbocycles. The lowest BCUT2D eigenvalue weighted by atomic mass is 10.2. The predicted molar refractivity (Wildman–Crippen MR) is 68.6 cm³/mol. The molecule has 0 radical (unpaired) electrons. The predicted octanol–water partition coefficient (Wildman–Crippen LogP) is 2.63. The second kappa shape index (κ2) is 3.63. The fourth-order valence-electron chi connectivity index (χ4n) is 2.03. The summed E-state index contributed by atoms with van der Waals surface area (Å²) in [6.07, 6.45) is 0. The second-order valence-electron chi connectivity index (χ2n) is 4.13. The van der Waals surface area contributed by atoms with Crippen molar-refractivity contribution in [1.29, 1.82) is 0 Å². The van der Waals surface area contributed by atoms with Gasteiger partial charge in [-0.3, -0.25) is 14.6 Å². The molecule has 0 bridgehead atoms. The van der Waals surface area contributed by atoms with Gasteiger partial charge in [0.05, 0.1) is 16.6 Å². The average Bonchev–Trinajstić information content (AvgIpc) is 2.68. The molecule has 0 aliphatic heterocycles. The van der Waals surface area contributed by atoms with Crippen molar-refractivity contribution in [1.82, 2.24) is 9.78 Å². The Labute approximate surface area is 98.3 Å². The van der Waals surface area contributed by atoms with E-state index in [4.69, 9.17) is 0 Å². The molecule has 0 saturated heterocycles. The van der Waals surface area contributed by atoms with E-state index >= 15 is 0 Å². The van der Waals surface area contributed by atoms with Crippen molar-refractivity contribution in [2.45, 2.75) is 6.92 Å². The summed E-state index contributed by atoms with van der Waals surface area (Å²) in [7, 11) is 0. The molecule has 0 amide bonds. The molecule has 3 rings (SSSR count). The molecule has 17 heavy (non-hydrogen) atoms. The van der Waals surface area contributed by atoms with Crippen LogP contribution in [0.3, 0.4) is 0 Å². The molecule has 0 saturated carbocycles. The van der Waals surface area contributed by atoms with Gasteiger partial charge in [0.2, 0.25) is 0 Å². The van der Waals surface area contributed by atoms with Crippen LogP contribution in [0.25, 0.3) is 16.6 Å². The maximum absolute atomic E-state index is 11.8. The first-order chi connectivity index (χ1) is 8.25. The van der Waals surface area contributed by atoms with E-state index in [1.165, 1.54) is 0 Å². The van der Waals surface area contributed by atoms with Crippen LogP contribution in [-0.2, 0) is 0 Å². The van der Waals surface area contributed by atoms with E-state index < -0.39 is 0 Å². The highest BCUT2D eigenvalue weighted by molar-refractivity contribution is 5.80. The maximum Gasteiger partial charge on any atom is 0.272 e. The summed E-state index contributed by atoms with van der Waals surface area (Å²) in [6.45, 7) is 1.98. The van der Waals surface area contributed by atoms with E-state index in [9.17, 15) is 4.79 Å². The van der Waals surface area contributed by atoms with Gasteiger partial charge in [0.15, 0.2) is 0 Å². The van der Waals surface area contributed by atoms with Crippen LogP contribution in [0.4, 0.5) is 0 Å². The molecule has 2 aromatic carbocycles. The van der Waals surface area contributed by atoms with E-state index in [-0.39, 0.29) is 5.56 Å². The minimum absolute atomic E-state index is 0.0486. The van der Waals surface area contributed by atoms with Gasteiger partial charge in [-0.1, -0.05) is 29.8 Å². The van der Waals surface area contributed by atoms with E-state index in [2.05, 4.69) is 5.10 Å². The Morgan fingerprint density at radius 3 is 2.59 bits per heavy atom. The summed E-state index contributed by atoms with van der Waals surface area (Å²) in [5, 5.41) is 3.59. The lowest BCUT2D eigenvalue weighted by molar-refractivity contribution is 0.891. The van der Waals surface area contributed by atoms with Gasteiger partial charge in [-0.25, -0.2) is 0 Å². The number of nitrogens with one attached hydrogen (secondary N) is 1. The molecule has 3 heteroatoms. The minimum Gasteiger partial charge on any atom is -0.267 e. The van der Waals surface area contributed by atoms with Crippen LogP contribution in [0.1, 0.15) is 5.56 Å². The van der Waals surface area contributed by atoms with Gasteiger partial charge >= 0.3 is 0 Å². The first-order valence-electron chi connectivity index (χ1n) is 5.52. The van der Waals surface area contributed by atoms with Crippen LogP contribution in [-0.4, -0.2) is 9.78 Å². The van der Waals surface area contributed by atoms with Crippen molar-refractivity contribution in [2.24, 2.45) is 0 Å². The number of hydrogen-bond acceptors (Lipinski definition) is 1. The summed E-state index contributed by atoms with van der Waals surface area (Å²) in [4.78, 5) is 11.8. The second-order valence-corrected chi connectivity index (χ2v) is 4.13. The molecule has 0 unspecified atom stereocenters. The molecular weight excluding hydrogens is 212 g/mol. The minimum atomic E-state index is -0.0486. The van der Waals surface area contributed by atoms with Crippen LogP contribution in [0, 0.1) is 6.92 Å². The number of hydrogen-bond donors (Lipinski definition) is 1. The van der Waals surface area contributed by atoms with E-state index in [0.29, 0.717) is 0 Å².